The number of hydrogen-bond acceptors (Lipinski definition) is 2. The maximum atomic E-state index is 11.1. The first kappa shape index (κ1) is 9.28. The third-order valence-corrected chi connectivity index (χ3v) is 2.48. The molecular formula is C11H9ClO2. The van der Waals surface area contributed by atoms with Gasteiger partial charge in [0.1, 0.15) is 6.10 Å². The summed E-state index contributed by atoms with van der Waals surface area (Å²) in [4.78, 5) is 11.1. The number of rotatable bonds is 1. The van der Waals surface area contributed by atoms with Crippen molar-refractivity contribution < 1.29 is 9.53 Å². The Morgan fingerprint density at radius 1 is 1.36 bits per heavy atom. The van der Waals surface area contributed by atoms with Crippen LogP contribution in [0.5, 0.6) is 0 Å². The highest BCUT2D eigenvalue weighted by Crippen LogP contribution is 2.30. The van der Waals surface area contributed by atoms with Crippen LogP contribution in [0, 0.1) is 0 Å². The fraction of sp³-hybridized carbons (Fsp3) is 0.182. The number of benzene rings is 1. The number of carbonyl (C=O) groups is 1. The van der Waals surface area contributed by atoms with Crippen molar-refractivity contribution in [1.82, 2.24) is 0 Å². The van der Waals surface area contributed by atoms with Crippen LogP contribution < -0.4 is 0 Å². The Balaban J connectivity index is 2.28. The van der Waals surface area contributed by atoms with Crippen molar-refractivity contribution in [3.05, 3.63) is 47.2 Å². The molecule has 1 aromatic rings. The predicted molar refractivity (Wildman–Crippen MR) is 54.0 cm³/mol. The van der Waals surface area contributed by atoms with Gasteiger partial charge in [0.25, 0.3) is 0 Å². The van der Waals surface area contributed by atoms with Gasteiger partial charge in [-0.25, -0.2) is 0 Å². The van der Waals surface area contributed by atoms with Crippen LogP contribution in [-0.2, 0) is 9.53 Å². The topological polar surface area (TPSA) is 26.3 Å². The minimum Gasteiger partial charge on any atom is -0.493 e. The smallest absolute Gasteiger partial charge is 0.162 e. The van der Waals surface area contributed by atoms with E-state index < -0.39 is 0 Å². The van der Waals surface area contributed by atoms with Gasteiger partial charge in [-0.15, -0.1) is 0 Å². The number of halogens is 1. The monoisotopic (exact) mass is 208 g/mol. The second-order valence-corrected chi connectivity index (χ2v) is 3.53. The molecule has 0 amide bonds. The van der Waals surface area contributed by atoms with Gasteiger partial charge in [0.05, 0.1) is 12.7 Å². The number of ketones is 1. The molecule has 0 bridgehead atoms. The predicted octanol–water partition coefficient (Wildman–Crippen LogP) is 2.88. The van der Waals surface area contributed by atoms with E-state index in [-0.39, 0.29) is 11.9 Å². The first-order valence-corrected chi connectivity index (χ1v) is 4.74. The van der Waals surface area contributed by atoms with E-state index in [0.717, 1.165) is 5.56 Å². The summed E-state index contributed by atoms with van der Waals surface area (Å²) in [5.41, 5.74) is 0.867. The van der Waals surface area contributed by atoms with Gasteiger partial charge in [-0.1, -0.05) is 29.8 Å². The molecule has 1 unspecified atom stereocenters. The standard InChI is InChI=1S/C11H9ClO2/c12-10-4-2-1-3-9(10)11-7-8(13)5-6-14-11/h1-6,11H,7H2. The number of hydrogen-bond donors (Lipinski definition) is 0. The Labute approximate surface area is 87.1 Å². The summed E-state index contributed by atoms with van der Waals surface area (Å²) < 4.78 is 5.33. The molecule has 1 atom stereocenters. The molecule has 0 fully saturated rings. The SMILES string of the molecule is O=C1C=COC(c2ccccc2Cl)C1. The van der Waals surface area contributed by atoms with Crippen LogP contribution in [-0.4, -0.2) is 5.78 Å². The Morgan fingerprint density at radius 3 is 2.86 bits per heavy atom. The Hall–Kier alpha value is -1.28. The zero-order valence-corrected chi connectivity index (χ0v) is 8.20. The van der Waals surface area contributed by atoms with Gasteiger partial charge in [-0.2, -0.15) is 0 Å². The van der Waals surface area contributed by atoms with Crippen molar-refractivity contribution in [3.8, 4) is 0 Å². The molecule has 72 valence electrons. The molecule has 0 aliphatic carbocycles. The summed E-state index contributed by atoms with van der Waals surface area (Å²) in [7, 11) is 0. The zero-order chi connectivity index (χ0) is 9.97. The molecule has 1 aliphatic rings. The lowest BCUT2D eigenvalue weighted by Gasteiger charge is -2.19. The lowest BCUT2D eigenvalue weighted by Crippen LogP contribution is -2.11. The van der Waals surface area contributed by atoms with Crippen molar-refractivity contribution in [3.63, 3.8) is 0 Å². The van der Waals surface area contributed by atoms with E-state index in [9.17, 15) is 4.79 Å². The first-order valence-electron chi connectivity index (χ1n) is 4.36. The van der Waals surface area contributed by atoms with Gasteiger partial charge in [0.2, 0.25) is 0 Å². The van der Waals surface area contributed by atoms with E-state index in [1.165, 1.54) is 12.3 Å². The van der Waals surface area contributed by atoms with E-state index >= 15 is 0 Å². The third-order valence-electron chi connectivity index (χ3n) is 2.14. The normalized spacial score (nSPS) is 20.6. The fourth-order valence-corrected chi connectivity index (χ4v) is 1.69. The molecule has 2 nitrogen and oxygen atoms in total. The van der Waals surface area contributed by atoms with Crippen LogP contribution in [0.15, 0.2) is 36.6 Å². The second-order valence-electron chi connectivity index (χ2n) is 3.12. The summed E-state index contributed by atoms with van der Waals surface area (Å²) in [6.07, 6.45) is 2.99. The Kier molecular flexibility index (Phi) is 2.55. The van der Waals surface area contributed by atoms with Crippen LogP contribution in [0.25, 0.3) is 0 Å². The highest BCUT2D eigenvalue weighted by atomic mass is 35.5. The summed E-state index contributed by atoms with van der Waals surface area (Å²) >= 11 is 5.99. The van der Waals surface area contributed by atoms with Gasteiger partial charge < -0.3 is 4.74 Å². The molecule has 0 aromatic heterocycles. The quantitative estimate of drug-likeness (QED) is 0.710. The maximum Gasteiger partial charge on any atom is 0.162 e. The minimum absolute atomic E-state index is 0.0705. The van der Waals surface area contributed by atoms with Crippen LogP contribution in [0.1, 0.15) is 18.1 Å². The Bertz CT molecular complexity index is 385. The molecule has 2 rings (SSSR count). The number of carbonyl (C=O) groups excluding carboxylic acids is 1. The van der Waals surface area contributed by atoms with E-state index in [4.69, 9.17) is 16.3 Å². The average Bonchev–Trinajstić information content (AvgIpc) is 2.18. The molecule has 0 spiro atoms. The van der Waals surface area contributed by atoms with Gasteiger partial charge in [0.15, 0.2) is 5.78 Å². The van der Waals surface area contributed by atoms with Crippen molar-refractivity contribution in [2.75, 3.05) is 0 Å². The number of allylic oxidation sites excluding steroid dienone is 1. The molecule has 0 saturated carbocycles. The molecule has 3 heteroatoms. The van der Waals surface area contributed by atoms with Crippen molar-refractivity contribution >= 4 is 17.4 Å². The van der Waals surface area contributed by atoms with Gasteiger partial charge in [-0.3, -0.25) is 4.79 Å². The lowest BCUT2D eigenvalue weighted by molar-refractivity contribution is -0.118. The van der Waals surface area contributed by atoms with E-state index in [1.807, 2.05) is 18.2 Å². The van der Waals surface area contributed by atoms with Crippen molar-refractivity contribution in [2.24, 2.45) is 0 Å². The molecule has 0 saturated heterocycles. The third kappa shape index (κ3) is 1.80. The van der Waals surface area contributed by atoms with E-state index in [1.54, 1.807) is 6.07 Å². The highest BCUT2D eigenvalue weighted by molar-refractivity contribution is 6.31. The first-order chi connectivity index (χ1) is 6.77. The average molecular weight is 209 g/mol. The van der Waals surface area contributed by atoms with Crippen molar-refractivity contribution in [2.45, 2.75) is 12.5 Å². The molecule has 1 aromatic carbocycles. The molecule has 14 heavy (non-hydrogen) atoms. The summed E-state index contributed by atoms with van der Waals surface area (Å²) in [5, 5.41) is 0.639. The van der Waals surface area contributed by atoms with E-state index in [2.05, 4.69) is 0 Å². The summed E-state index contributed by atoms with van der Waals surface area (Å²) in [5.74, 6) is 0.0705. The van der Waals surface area contributed by atoms with E-state index in [0.29, 0.717) is 11.4 Å². The van der Waals surface area contributed by atoms with Crippen LogP contribution in [0.4, 0.5) is 0 Å². The van der Waals surface area contributed by atoms with Crippen LogP contribution in [0.2, 0.25) is 5.02 Å². The van der Waals surface area contributed by atoms with Gasteiger partial charge in [-0.05, 0) is 6.07 Å². The zero-order valence-electron chi connectivity index (χ0n) is 7.44. The second kappa shape index (κ2) is 3.84. The maximum absolute atomic E-state index is 11.1. The van der Waals surface area contributed by atoms with Crippen LogP contribution >= 0.6 is 11.6 Å². The molecule has 0 radical (unpaired) electrons. The lowest BCUT2D eigenvalue weighted by atomic mass is 10.0. The summed E-state index contributed by atoms with van der Waals surface area (Å²) in [6.45, 7) is 0. The van der Waals surface area contributed by atoms with Gasteiger partial charge >= 0.3 is 0 Å². The largest absolute Gasteiger partial charge is 0.493 e. The molecule has 1 aliphatic heterocycles. The Morgan fingerprint density at radius 2 is 2.14 bits per heavy atom. The molecule has 1 heterocycles. The van der Waals surface area contributed by atoms with Crippen molar-refractivity contribution in [1.29, 1.82) is 0 Å². The summed E-state index contributed by atoms with van der Waals surface area (Å²) in [6, 6.07) is 7.40. The van der Waals surface area contributed by atoms with Gasteiger partial charge in [0, 0.05) is 16.7 Å². The fourth-order valence-electron chi connectivity index (χ4n) is 1.43. The highest BCUT2D eigenvalue weighted by Gasteiger charge is 2.20. The molecule has 0 N–H and O–H groups in total. The minimum atomic E-state index is -0.235. The van der Waals surface area contributed by atoms with Crippen LogP contribution in [0.3, 0.4) is 0 Å². The number of ether oxygens (including phenoxy) is 1. The molecular weight excluding hydrogens is 200 g/mol.